The number of benzene rings is 4. The van der Waals surface area contributed by atoms with E-state index in [4.69, 9.17) is 25.1 Å². The summed E-state index contributed by atoms with van der Waals surface area (Å²) in [7, 11) is 0. The number of amides is 1. The van der Waals surface area contributed by atoms with E-state index in [0.717, 1.165) is 83.0 Å². The third kappa shape index (κ3) is 11.2. The number of H-pyrrole nitrogens is 2. The monoisotopic (exact) mass is 906 g/mol. The molecular weight excluding hydrogens is 863 g/mol. The highest BCUT2D eigenvalue weighted by Crippen LogP contribution is 2.43. The summed E-state index contributed by atoms with van der Waals surface area (Å²) in [5.41, 5.74) is 9.49. The number of rotatable bonds is 7. The van der Waals surface area contributed by atoms with E-state index in [9.17, 15) is 49.4 Å². The predicted octanol–water partition coefficient (Wildman–Crippen LogP) is 12.5. The number of aromatic nitrogens is 2. The van der Waals surface area contributed by atoms with E-state index >= 15 is 0 Å². The average Bonchev–Trinajstić information content (AvgIpc) is 3.75. The largest absolute Gasteiger partial charge is 0.490 e. The molecule has 2 fully saturated rings. The Morgan fingerprint density at radius 1 is 0.625 bits per heavy atom. The van der Waals surface area contributed by atoms with Gasteiger partial charge in [0.2, 0.25) is 0 Å². The van der Waals surface area contributed by atoms with Gasteiger partial charge in [0.25, 0.3) is 0 Å². The summed E-state index contributed by atoms with van der Waals surface area (Å²) >= 11 is 0. The van der Waals surface area contributed by atoms with Gasteiger partial charge in [0.15, 0.2) is 0 Å². The fraction of sp³-hybridized carbons (Fsp3) is 0.333. The van der Waals surface area contributed by atoms with E-state index in [1.54, 1.807) is 12.4 Å². The number of anilines is 2. The van der Waals surface area contributed by atoms with E-state index in [0.29, 0.717) is 23.1 Å². The molecule has 0 aliphatic heterocycles. The number of ether oxygens (including phenoxy) is 2. The molecule has 2 aliphatic carbocycles. The minimum Gasteiger partial charge on any atom is -0.490 e. The van der Waals surface area contributed by atoms with Gasteiger partial charge in [0, 0.05) is 39.7 Å². The number of alkyl halides is 9. The smallest absolute Gasteiger partial charge is 0.490 e. The van der Waals surface area contributed by atoms with Crippen LogP contribution in [0, 0.1) is 0 Å². The Labute approximate surface area is 359 Å². The first-order valence-corrected chi connectivity index (χ1v) is 19.8. The molecule has 0 radical (unpaired) electrons. The van der Waals surface area contributed by atoms with Crippen LogP contribution in [-0.2, 0) is 17.1 Å². The number of nitrogen functional groups attached to an aromatic ring is 1. The molecule has 2 aliphatic rings. The minimum atomic E-state index is -5.08. The van der Waals surface area contributed by atoms with Crippen LogP contribution < -0.4 is 20.1 Å². The van der Waals surface area contributed by atoms with Crippen LogP contribution in [0.5, 0.6) is 11.5 Å². The van der Waals surface area contributed by atoms with E-state index in [1.165, 1.54) is 34.7 Å². The van der Waals surface area contributed by atoms with Crippen molar-refractivity contribution in [2.24, 2.45) is 0 Å². The Kier molecular flexibility index (Phi) is 13.1. The Balaban J connectivity index is 0.000000189. The summed E-state index contributed by atoms with van der Waals surface area (Å²) in [6.07, 6.45) is -8.15. The van der Waals surface area contributed by atoms with Gasteiger partial charge < -0.3 is 35.4 Å². The first-order valence-electron chi connectivity index (χ1n) is 19.8. The molecule has 0 atom stereocenters. The van der Waals surface area contributed by atoms with E-state index < -0.39 is 47.3 Å². The maximum absolute atomic E-state index is 12.7. The van der Waals surface area contributed by atoms with Crippen molar-refractivity contribution >= 4 is 45.2 Å². The van der Waals surface area contributed by atoms with Gasteiger partial charge in [-0.2, -0.15) is 39.5 Å². The van der Waals surface area contributed by atoms with Gasteiger partial charge in [-0.25, -0.2) is 9.59 Å². The lowest BCUT2D eigenvalue weighted by atomic mass is 9.77. The number of nitrogens with zero attached hydrogens (tertiary/aromatic N) is 1. The number of carboxylic acid groups (broad SMARTS) is 2. The third-order valence-corrected chi connectivity index (χ3v) is 10.9. The van der Waals surface area contributed by atoms with Crippen LogP contribution in [-0.4, -0.2) is 56.2 Å². The second-order valence-electron chi connectivity index (χ2n) is 16.5. The molecule has 0 unspecified atom stereocenters. The third-order valence-electron chi connectivity index (χ3n) is 10.9. The SMILES string of the molecule is CC(C)(C)N(C(=O)O)c1c[nH]c2ccc(C3CC(Oc4ccc(C(F)(F)F)cc4)C3)cc12.Nc1c[nH]c2ccc(C3CC(Oc4ccc(C(F)(F)F)cc4)C3)cc12.O=C(O)C(F)(F)F. The number of carboxylic acids is 1. The van der Waals surface area contributed by atoms with Crippen LogP contribution in [0.2, 0.25) is 0 Å². The van der Waals surface area contributed by atoms with Gasteiger partial charge in [0.05, 0.1) is 34.7 Å². The first-order chi connectivity index (χ1) is 29.8. The van der Waals surface area contributed by atoms with Crippen molar-refractivity contribution in [1.29, 1.82) is 0 Å². The number of nitrogens with one attached hydrogen (secondary N) is 2. The van der Waals surface area contributed by atoms with Gasteiger partial charge in [-0.1, -0.05) is 12.1 Å². The molecule has 1 amide bonds. The number of nitrogens with two attached hydrogens (primary N) is 1. The highest BCUT2D eigenvalue weighted by atomic mass is 19.4. The predicted molar refractivity (Wildman–Crippen MR) is 221 cm³/mol. The molecule has 2 aromatic heterocycles. The molecule has 4 aromatic carbocycles. The van der Waals surface area contributed by atoms with Crippen LogP contribution in [0.4, 0.5) is 55.7 Å². The normalized spacial score (nSPS) is 18.7. The lowest BCUT2D eigenvalue weighted by Crippen LogP contribution is -2.45. The second kappa shape index (κ2) is 17.9. The number of hydrogen-bond acceptors (Lipinski definition) is 5. The fourth-order valence-corrected chi connectivity index (χ4v) is 7.43. The standard InChI is InChI=1S/C24H25F3N2O3.C19H17F3N2O.C2HF3O2/c1-23(2,3)29(22(30)31)21-13-28-20-9-4-14(12-19(20)21)15-10-18(11-15)32-17-7-5-16(6-8-17)24(25,26)27;20-19(21,22)13-2-4-14(5-3-13)25-15-7-12(8-15)11-1-6-18-16(9-11)17(23)10-24-18;3-2(4,5)1(6)7/h4-9,12-13,15,18,28H,10-11H2,1-3H3,(H,30,31);1-6,9-10,12,15,24H,7-8,23H2;(H,6,7). The van der Waals surface area contributed by atoms with Crippen molar-refractivity contribution in [3.8, 4) is 11.5 Å². The highest BCUT2D eigenvalue weighted by molar-refractivity contribution is 6.01. The summed E-state index contributed by atoms with van der Waals surface area (Å²) in [5, 5.41) is 18.7. The summed E-state index contributed by atoms with van der Waals surface area (Å²) in [4.78, 5) is 28.4. The molecule has 10 nitrogen and oxygen atoms in total. The van der Waals surface area contributed by atoms with Crippen LogP contribution in [0.25, 0.3) is 21.8 Å². The van der Waals surface area contributed by atoms with Crippen LogP contribution in [0.15, 0.2) is 97.3 Å². The fourth-order valence-electron chi connectivity index (χ4n) is 7.43. The molecular formula is C45H43F9N4O6. The number of aromatic amines is 2. The summed E-state index contributed by atoms with van der Waals surface area (Å²) in [6.45, 7) is 5.54. The summed E-state index contributed by atoms with van der Waals surface area (Å²) < 4.78 is 119. The number of carbonyl (C=O) groups is 2. The van der Waals surface area contributed by atoms with Crippen molar-refractivity contribution in [2.75, 3.05) is 10.6 Å². The topological polar surface area (TPSA) is 154 Å². The van der Waals surface area contributed by atoms with Crippen molar-refractivity contribution in [3.05, 3.63) is 120 Å². The molecule has 6 aromatic rings. The molecule has 64 heavy (non-hydrogen) atoms. The molecule has 6 N–H and O–H groups in total. The quantitative estimate of drug-likeness (QED) is 0.0999. The zero-order valence-corrected chi connectivity index (χ0v) is 34.3. The Bertz CT molecular complexity index is 2570. The molecule has 0 saturated heterocycles. The Hall–Kier alpha value is -6.53. The molecule has 8 rings (SSSR count). The average molecular weight is 907 g/mol. The van der Waals surface area contributed by atoms with E-state index in [-0.39, 0.29) is 18.1 Å². The van der Waals surface area contributed by atoms with Gasteiger partial charge in [0.1, 0.15) is 11.5 Å². The van der Waals surface area contributed by atoms with Crippen LogP contribution >= 0.6 is 0 Å². The second-order valence-corrected chi connectivity index (χ2v) is 16.5. The molecule has 2 heterocycles. The van der Waals surface area contributed by atoms with E-state index in [2.05, 4.69) is 22.1 Å². The van der Waals surface area contributed by atoms with Crippen molar-refractivity contribution < 1.29 is 68.8 Å². The summed E-state index contributed by atoms with van der Waals surface area (Å²) in [6, 6.07) is 21.8. The van der Waals surface area contributed by atoms with Crippen LogP contribution in [0.3, 0.4) is 0 Å². The molecule has 19 heteroatoms. The van der Waals surface area contributed by atoms with Crippen molar-refractivity contribution in [3.63, 3.8) is 0 Å². The highest BCUT2D eigenvalue weighted by Gasteiger charge is 2.39. The number of fused-ring (bicyclic) bond motifs is 2. The number of aliphatic carboxylic acids is 1. The Morgan fingerprint density at radius 2 is 1.02 bits per heavy atom. The summed E-state index contributed by atoms with van der Waals surface area (Å²) in [5.74, 6) is -1.23. The van der Waals surface area contributed by atoms with Gasteiger partial charge in [-0.15, -0.1) is 0 Å². The molecule has 0 bridgehead atoms. The maximum Gasteiger partial charge on any atom is 0.490 e. The molecule has 0 spiro atoms. The molecule has 342 valence electrons. The molecule has 2 saturated carbocycles. The zero-order chi connectivity index (χ0) is 46.9. The zero-order valence-electron chi connectivity index (χ0n) is 34.3. The Morgan fingerprint density at radius 3 is 1.39 bits per heavy atom. The van der Waals surface area contributed by atoms with Gasteiger partial charge >= 0.3 is 30.6 Å². The van der Waals surface area contributed by atoms with Crippen LogP contribution in [0.1, 0.15) is 80.5 Å². The van der Waals surface area contributed by atoms with Crippen molar-refractivity contribution in [1.82, 2.24) is 9.97 Å². The van der Waals surface area contributed by atoms with E-state index in [1.807, 2.05) is 45.0 Å². The lowest BCUT2D eigenvalue weighted by molar-refractivity contribution is -0.192. The maximum atomic E-state index is 12.7. The van der Waals surface area contributed by atoms with Gasteiger partial charge in [-0.3, -0.25) is 4.90 Å². The lowest BCUT2D eigenvalue weighted by Gasteiger charge is -2.36. The first kappa shape index (κ1) is 47.0. The van der Waals surface area contributed by atoms with Gasteiger partial charge in [-0.05, 0) is 142 Å². The number of hydrogen-bond donors (Lipinski definition) is 5. The van der Waals surface area contributed by atoms with Crippen molar-refractivity contribution in [2.45, 2.75) is 94.6 Å². The minimum absolute atomic E-state index is 0.0287. The number of halogens is 9.